The van der Waals surface area contributed by atoms with Crippen LogP contribution in [0.3, 0.4) is 0 Å². The summed E-state index contributed by atoms with van der Waals surface area (Å²) in [6.45, 7) is 6.98. The van der Waals surface area contributed by atoms with Gasteiger partial charge in [0, 0.05) is 12.8 Å². The fourth-order valence-electron chi connectivity index (χ4n) is 8.61. The minimum Gasteiger partial charge on any atom is -0.404 e. The summed E-state index contributed by atoms with van der Waals surface area (Å²) in [7, 11) is -0.622. The summed E-state index contributed by atoms with van der Waals surface area (Å²) < 4.78 is 15.1. The Morgan fingerprint density at radius 1 is 0.980 bits per heavy atom. The van der Waals surface area contributed by atoms with Gasteiger partial charge in [0.25, 0.3) is 11.8 Å². The number of rotatable bonds is 10. The van der Waals surface area contributed by atoms with E-state index in [2.05, 4.69) is 58.8 Å². The number of nitrogens with zero attached hydrogens (tertiary/aromatic N) is 4. The lowest BCUT2D eigenvalue weighted by Gasteiger charge is -2.64. The predicted octanol–water partition coefficient (Wildman–Crippen LogP) is 4.21. The van der Waals surface area contributed by atoms with E-state index >= 15 is 0 Å². The Labute approximate surface area is 285 Å². The normalized spacial score (nSPS) is 28.6. The SMILES string of the molecule is CC1(C)[C@@H]2C[C@H]3OB([C@H](Cc4ccccc4)NC(=O)C4(Cc5ccccc5)CC(CNC(=O)c5cccc6ncnn56)=NO4)O[C@@]3(C)[C@H]1C2. The quantitative estimate of drug-likeness (QED) is 0.244. The number of nitrogens with one attached hydrogen (secondary N) is 2. The van der Waals surface area contributed by atoms with Crippen molar-refractivity contribution in [3.05, 3.63) is 102 Å². The molecule has 2 aromatic heterocycles. The van der Waals surface area contributed by atoms with E-state index in [1.54, 1.807) is 18.2 Å². The number of benzene rings is 2. The number of pyridine rings is 1. The fraction of sp³-hybridized carbons (Fsp3) is 0.432. The summed E-state index contributed by atoms with van der Waals surface area (Å²) in [5.74, 6) is -0.0980. The van der Waals surface area contributed by atoms with E-state index in [-0.39, 0.29) is 36.3 Å². The molecule has 4 fully saturated rings. The number of amides is 2. The van der Waals surface area contributed by atoms with Crippen LogP contribution in [-0.4, -0.2) is 69.0 Å². The van der Waals surface area contributed by atoms with Crippen molar-refractivity contribution in [2.24, 2.45) is 22.4 Å². The van der Waals surface area contributed by atoms with Crippen molar-refractivity contribution in [2.45, 2.75) is 76.1 Å². The molecule has 1 saturated heterocycles. The van der Waals surface area contributed by atoms with Gasteiger partial charge >= 0.3 is 7.12 Å². The standard InChI is InChI=1S/C37H41BN6O5/c1-35(2)26-18-29(35)36(3)30(19-26)47-38(48-36)31(17-24-11-6-4-7-12-24)42-34(46)37(20-25-13-8-5-9-14-25)21-27(43-49-37)22-39-33(45)28-15-10-16-32-40-23-41-44(28)32/h4-16,23,26,29-31H,17-22H2,1-3H3,(H,39,45)(H,42,46)/t26-,29-,30+,31-,36-,37?/m0/s1. The lowest BCUT2D eigenvalue weighted by atomic mass is 9.43. The maximum absolute atomic E-state index is 14.6. The highest BCUT2D eigenvalue weighted by atomic mass is 16.7. The molecule has 3 saturated carbocycles. The Hall–Kier alpha value is -4.55. The van der Waals surface area contributed by atoms with Crippen molar-refractivity contribution in [2.75, 3.05) is 6.54 Å². The highest BCUT2D eigenvalue weighted by Gasteiger charge is 2.68. The zero-order valence-corrected chi connectivity index (χ0v) is 28.0. The highest BCUT2D eigenvalue weighted by molar-refractivity contribution is 6.48. The number of oxime groups is 1. The van der Waals surface area contributed by atoms with Crippen molar-refractivity contribution in [1.29, 1.82) is 0 Å². The van der Waals surface area contributed by atoms with Crippen molar-refractivity contribution in [3.63, 3.8) is 0 Å². The number of hydrogen-bond acceptors (Lipinski definition) is 8. The molecule has 2 aliphatic heterocycles. The maximum Gasteiger partial charge on any atom is 0.482 e. The lowest BCUT2D eigenvalue weighted by molar-refractivity contribution is -0.199. The lowest BCUT2D eigenvalue weighted by Crippen LogP contribution is -2.65. The molecule has 252 valence electrons. The van der Waals surface area contributed by atoms with Gasteiger partial charge in [-0.1, -0.05) is 85.7 Å². The summed E-state index contributed by atoms with van der Waals surface area (Å²) >= 11 is 0. The van der Waals surface area contributed by atoms with E-state index in [0.717, 1.165) is 24.0 Å². The van der Waals surface area contributed by atoms with Crippen molar-refractivity contribution >= 4 is 30.3 Å². The number of fused-ring (bicyclic) bond motifs is 1. The second-order valence-corrected chi connectivity index (χ2v) is 14.8. The number of carbonyl (C=O) groups excluding carboxylic acids is 2. The second-order valence-electron chi connectivity index (χ2n) is 14.8. The number of hydrogen-bond donors (Lipinski definition) is 2. The zero-order chi connectivity index (χ0) is 33.8. The third kappa shape index (κ3) is 5.60. The van der Waals surface area contributed by atoms with Gasteiger partial charge < -0.3 is 24.8 Å². The highest BCUT2D eigenvalue weighted by Crippen LogP contribution is 2.65. The molecule has 2 aromatic carbocycles. The Balaban J connectivity index is 1.02. The van der Waals surface area contributed by atoms with Crippen LogP contribution < -0.4 is 10.6 Å². The summed E-state index contributed by atoms with van der Waals surface area (Å²) in [6, 6.07) is 25.1. The van der Waals surface area contributed by atoms with Gasteiger partial charge in [-0.2, -0.15) is 5.10 Å². The van der Waals surface area contributed by atoms with Crippen LogP contribution >= 0.6 is 0 Å². The maximum atomic E-state index is 14.6. The largest absolute Gasteiger partial charge is 0.482 e. The first-order chi connectivity index (χ1) is 23.6. The molecule has 4 aromatic rings. The number of carbonyl (C=O) groups is 2. The molecular weight excluding hydrogens is 619 g/mol. The second kappa shape index (κ2) is 12.1. The van der Waals surface area contributed by atoms with E-state index in [0.29, 0.717) is 41.7 Å². The van der Waals surface area contributed by atoms with Crippen molar-refractivity contribution in [1.82, 2.24) is 25.2 Å². The molecule has 1 unspecified atom stereocenters. The minimum absolute atomic E-state index is 0.0209. The van der Waals surface area contributed by atoms with Gasteiger partial charge in [-0.3, -0.25) is 9.59 Å². The molecule has 11 nitrogen and oxygen atoms in total. The van der Waals surface area contributed by atoms with Gasteiger partial charge in [-0.05, 0) is 66.7 Å². The molecule has 0 radical (unpaired) electrons. The molecule has 49 heavy (non-hydrogen) atoms. The Bertz CT molecular complexity index is 1900. The average Bonchev–Trinajstić information content (AvgIpc) is 3.84. The van der Waals surface area contributed by atoms with Crippen molar-refractivity contribution < 1.29 is 23.7 Å². The van der Waals surface area contributed by atoms with Crippen LogP contribution in [0.5, 0.6) is 0 Å². The first-order valence-electron chi connectivity index (χ1n) is 17.2. The Kier molecular flexibility index (Phi) is 7.83. The van der Waals surface area contributed by atoms with E-state index in [1.165, 1.54) is 10.8 Å². The van der Waals surface area contributed by atoms with Crippen LogP contribution in [0.4, 0.5) is 0 Å². The third-order valence-electron chi connectivity index (χ3n) is 11.5. The summed E-state index contributed by atoms with van der Waals surface area (Å²) in [6.07, 6.45) is 4.50. The smallest absolute Gasteiger partial charge is 0.404 e. The summed E-state index contributed by atoms with van der Waals surface area (Å²) in [5, 5.41) is 14.8. The first-order valence-corrected chi connectivity index (χ1v) is 17.2. The third-order valence-corrected chi connectivity index (χ3v) is 11.5. The zero-order valence-electron chi connectivity index (χ0n) is 28.0. The molecule has 5 aliphatic rings. The van der Waals surface area contributed by atoms with Crippen LogP contribution in [0, 0.1) is 17.3 Å². The topological polar surface area (TPSA) is 128 Å². The van der Waals surface area contributed by atoms with Gasteiger partial charge in [0.1, 0.15) is 12.0 Å². The molecule has 0 spiro atoms. The van der Waals surface area contributed by atoms with Crippen molar-refractivity contribution in [3.8, 4) is 0 Å². The molecule has 2 N–H and O–H groups in total. The van der Waals surface area contributed by atoms with Crippen LogP contribution in [0.1, 0.15) is 61.6 Å². The predicted molar refractivity (Wildman–Crippen MR) is 184 cm³/mol. The van der Waals surface area contributed by atoms with Gasteiger partial charge in [0.2, 0.25) is 5.60 Å². The molecule has 4 heterocycles. The van der Waals surface area contributed by atoms with Crippen LogP contribution in [-0.2, 0) is 31.8 Å². The van der Waals surface area contributed by atoms with Gasteiger partial charge in [0.15, 0.2) is 5.65 Å². The van der Waals surface area contributed by atoms with Crippen LogP contribution in [0.25, 0.3) is 5.65 Å². The fourth-order valence-corrected chi connectivity index (χ4v) is 8.61. The van der Waals surface area contributed by atoms with E-state index in [1.807, 2.05) is 48.5 Å². The van der Waals surface area contributed by atoms with E-state index in [4.69, 9.17) is 14.1 Å². The van der Waals surface area contributed by atoms with Gasteiger partial charge in [-0.15, -0.1) is 0 Å². The molecular formula is C37H41BN6O5. The van der Waals surface area contributed by atoms with Gasteiger partial charge in [0.05, 0.1) is 29.9 Å². The molecule has 2 bridgehead atoms. The first kappa shape index (κ1) is 31.7. The molecule has 12 heteroatoms. The van der Waals surface area contributed by atoms with Crippen LogP contribution in [0.2, 0.25) is 0 Å². The minimum atomic E-state index is -1.33. The molecule has 2 amide bonds. The van der Waals surface area contributed by atoms with E-state index in [9.17, 15) is 9.59 Å². The summed E-state index contributed by atoms with van der Waals surface area (Å²) in [5.41, 5.74) is 1.92. The van der Waals surface area contributed by atoms with Crippen LogP contribution in [0.15, 0.2) is 90.3 Å². The molecule has 9 rings (SSSR count). The Morgan fingerprint density at radius 2 is 1.73 bits per heavy atom. The average molecular weight is 661 g/mol. The molecule has 3 aliphatic carbocycles. The monoisotopic (exact) mass is 660 g/mol. The van der Waals surface area contributed by atoms with E-state index < -0.39 is 24.3 Å². The number of aromatic nitrogens is 3. The Morgan fingerprint density at radius 3 is 2.49 bits per heavy atom. The summed E-state index contributed by atoms with van der Waals surface area (Å²) in [4.78, 5) is 38.0. The molecule has 6 atom stereocenters. The van der Waals surface area contributed by atoms with Gasteiger partial charge in [-0.25, -0.2) is 9.50 Å².